The summed E-state index contributed by atoms with van der Waals surface area (Å²) in [6.45, 7) is 3.44. The zero-order valence-corrected chi connectivity index (χ0v) is 17.2. The number of methoxy groups -OCH3 is 1. The SMILES string of the molecule is COc1ccc([N+](=O)[O-])cc1NC(=O)[C@@H](C)OC(=O)CSCc1ccc(C)cc1. The van der Waals surface area contributed by atoms with Crippen LogP contribution in [-0.2, 0) is 20.1 Å². The average molecular weight is 418 g/mol. The predicted molar refractivity (Wildman–Crippen MR) is 111 cm³/mol. The van der Waals surface area contributed by atoms with Gasteiger partial charge in [-0.1, -0.05) is 29.8 Å². The summed E-state index contributed by atoms with van der Waals surface area (Å²) in [5, 5.41) is 13.4. The maximum atomic E-state index is 12.3. The van der Waals surface area contributed by atoms with Gasteiger partial charge in [-0.15, -0.1) is 11.8 Å². The number of nitrogens with one attached hydrogen (secondary N) is 1. The second kappa shape index (κ2) is 10.5. The number of aryl methyl sites for hydroxylation is 1. The molecule has 1 atom stereocenters. The number of thioether (sulfide) groups is 1. The minimum Gasteiger partial charge on any atom is -0.495 e. The van der Waals surface area contributed by atoms with Gasteiger partial charge in [0.05, 0.1) is 23.5 Å². The van der Waals surface area contributed by atoms with Crippen molar-refractivity contribution in [2.75, 3.05) is 18.2 Å². The summed E-state index contributed by atoms with van der Waals surface area (Å²) < 4.78 is 10.2. The molecule has 0 aromatic heterocycles. The van der Waals surface area contributed by atoms with Crippen molar-refractivity contribution in [2.45, 2.75) is 25.7 Å². The first kappa shape index (κ1) is 22.2. The number of hydrogen-bond acceptors (Lipinski definition) is 7. The third kappa shape index (κ3) is 6.79. The van der Waals surface area contributed by atoms with E-state index in [4.69, 9.17) is 9.47 Å². The second-order valence-corrected chi connectivity index (χ2v) is 7.23. The molecule has 0 fully saturated rings. The van der Waals surface area contributed by atoms with Gasteiger partial charge in [-0.05, 0) is 25.5 Å². The van der Waals surface area contributed by atoms with Crippen LogP contribution in [0.15, 0.2) is 42.5 Å². The first-order valence-corrected chi connectivity index (χ1v) is 9.91. The molecule has 0 aliphatic rings. The van der Waals surface area contributed by atoms with Crippen molar-refractivity contribution in [1.82, 2.24) is 0 Å². The monoisotopic (exact) mass is 418 g/mol. The van der Waals surface area contributed by atoms with Gasteiger partial charge in [-0.25, -0.2) is 0 Å². The Bertz CT molecular complexity index is 885. The molecule has 29 heavy (non-hydrogen) atoms. The lowest BCUT2D eigenvalue weighted by Crippen LogP contribution is -2.30. The molecule has 0 unspecified atom stereocenters. The third-order valence-corrected chi connectivity index (χ3v) is 4.92. The molecule has 0 aliphatic heterocycles. The van der Waals surface area contributed by atoms with Crippen LogP contribution < -0.4 is 10.1 Å². The first-order valence-electron chi connectivity index (χ1n) is 8.76. The Morgan fingerprint density at radius 3 is 2.52 bits per heavy atom. The molecule has 0 spiro atoms. The molecule has 0 aliphatic carbocycles. The van der Waals surface area contributed by atoms with E-state index in [1.807, 2.05) is 31.2 Å². The number of hydrogen-bond donors (Lipinski definition) is 1. The molecular formula is C20H22N2O6S. The third-order valence-electron chi connectivity index (χ3n) is 3.94. The largest absolute Gasteiger partial charge is 0.495 e. The van der Waals surface area contributed by atoms with Crippen molar-refractivity contribution in [3.63, 3.8) is 0 Å². The summed E-state index contributed by atoms with van der Waals surface area (Å²) >= 11 is 1.39. The van der Waals surface area contributed by atoms with E-state index in [1.54, 1.807) is 0 Å². The van der Waals surface area contributed by atoms with Crippen LogP contribution in [0.25, 0.3) is 0 Å². The maximum Gasteiger partial charge on any atom is 0.316 e. The summed E-state index contributed by atoms with van der Waals surface area (Å²) in [7, 11) is 1.38. The van der Waals surface area contributed by atoms with Crippen LogP contribution in [0.3, 0.4) is 0 Å². The fourth-order valence-corrected chi connectivity index (χ4v) is 3.13. The molecule has 0 bridgehead atoms. The molecule has 9 heteroatoms. The first-order chi connectivity index (χ1) is 13.8. The number of carbonyl (C=O) groups excluding carboxylic acids is 2. The Balaban J connectivity index is 1.86. The summed E-state index contributed by atoms with van der Waals surface area (Å²) in [6.07, 6.45) is -1.06. The van der Waals surface area contributed by atoms with E-state index in [0.717, 1.165) is 5.56 Å². The van der Waals surface area contributed by atoms with Crippen LogP contribution in [0, 0.1) is 17.0 Å². The molecular weight excluding hydrogens is 396 g/mol. The van der Waals surface area contributed by atoms with Gasteiger partial charge in [0, 0.05) is 17.9 Å². The minimum absolute atomic E-state index is 0.103. The van der Waals surface area contributed by atoms with Crippen molar-refractivity contribution in [3.05, 3.63) is 63.7 Å². The maximum absolute atomic E-state index is 12.3. The fraction of sp³-hybridized carbons (Fsp3) is 0.300. The highest BCUT2D eigenvalue weighted by molar-refractivity contribution is 7.99. The van der Waals surface area contributed by atoms with E-state index in [-0.39, 0.29) is 22.9 Å². The van der Waals surface area contributed by atoms with E-state index >= 15 is 0 Å². The van der Waals surface area contributed by atoms with E-state index in [1.165, 1.54) is 49.6 Å². The lowest BCUT2D eigenvalue weighted by atomic mass is 10.2. The van der Waals surface area contributed by atoms with Crippen molar-refractivity contribution in [3.8, 4) is 5.75 Å². The van der Waals surface area contributed by atoms with Crippen LogP contribution in [-0.4, -0.2) is 35.8 Å². The Labute approximate surface area is 172 Å². The average Bonchev–Trinajstić information content (AvgIpc) is 2.69. The van der Waals surface area contributed by atoms with Gasteiger partial charge in [0.1, 0.15) is 5.75 Å². The predicted octanol–water partition coefficient (Wildman–Crippen LogP) is 3.72. The highest BCUT2D eigenvalue weighted by atomic mass is 32.2. The van der Waals surface area contributed by atoms with Crippen LogP contribution >= 0.6 is 11.8 Å². The molecule has 2 aromatic rings. The van der Waals surface area contributed by atoms with E-state index in [9.17, 15) is 19.7 Å². The lowest BCUT2D eigenvalue weighted by molar-refractivity contribution is -0.384. The number of carbonyl (C=O) groups is 2. The van der Waals surface area contributed by atoms with E-state index < -0.39 is 22.9 Å². The highest BCUT2D eigenvalue weighted by Gasteiger charge is 2.20. The van der Waals surface area contributed by atoms with Gasteiger partial charge >= 0.3 is 5.97 Å². The summed E-state index contributed by atoms with van der Waals surface area (Å²) in [5.74, 6) is -0.112. The number of nitro benzene ring substituents is 1. The quantitative estimate of drug-likeness (QED) is 0.376. The van der Waals surface area contributed by atoms with Gasteiger partial charge in [0.15, 0.2) is 6.10 Å². The van der Waals surface area contributed by atoms with Gasteiger partial charge in [-0.2, -0.15) is 0 Å². The topological polar surface area (TPSA) is 108 Å². The highest BCUT2D eigenvalue weighted by Crippen LogP contribution is 2.29. The molecule has 0 radical (unpaired) electrons. The minimum atomic E-state index is -1.06. The fourth-order valence-electron chi connectivity index (χ4n) is 2.36. The lowest BCUT2D eigenvalue weighted by Gasteiger charge is -2.15. The number of non-ortho nitro benzene ring substituents is 1. The number of nitro groups is 1. The van der Waals surface area contributed by atoms with Crippen LogP contribution in [0.2, 0.25) is 0 Å². The van der Waals surface area contributed by atoms with Crippen LogP contribution in [0.4, 0.5) is 11.4 Å². The molecule has 0 heterocycles. The van der Waals surface area contributed by atoms with Crippen LogP contribution in [0.5, 0.6) is 5.75 Å². The van der Waals surface area contributed by atoms with E-state index in [0.29, 0.717) is 5.75 Å². The number of amides is 1. The normalized spacial score (nSPS) is 11.4. The Morgan fingerprint density at radius 2 is 1.90 bits per heavy atom. The molecule has 2 rings (SSSR count). The summed E-state index contributed by atoms with van der Waals surface area (Å²) in [5.41, 5.74) is 2.19. The Morgan fingerprint density at radius 1 is 1.21 bits per heavy atom. The van der Waals surface area contributed by atoms with Crippen molar-refractivity contribution in [2.24, 2.45) is 0 Å². The van der Waals surface area contributed by atoms with Crippen molar-refractivity contribution in [1.29, 1.82) is 0 Å². The van der Waals surface area contributed by atoms with Crippen molar-refractivity contribution >= 4 is 35.0 Å². The second-order valence-electron chi connectivity index (χ2n) is 6.24. The van der Waals surface area contributed by atoms with E-state index in [2.05, 4.69) is 5.32 Å². The zero-order valence-electron chi connectivity index (χ0n) is 16.3. The number of nitrogens with zero attached hydrogens (tertiary/aromatic N) is 1. The molecule has 0 saturated heterocycles. The number of benzene rings is 2. The van der Waals surface area contributed by atoms with Gasteiger partial charge in [0.25, 0.3) is 11.6 Å². The standard InChI is InChI=1S/C20H22N2O6S/c1-13-4-6-15(7-5-13)11-29-12-19(23)28-14(2)20(24)21-17-10-16(22(25)26)8-9-18(17)27-3/h4-10,14H,11-12H2,1-3H3,(H,21,24)/t14-/m1/s1. The summed E-state index contributed by atoms with van der Waals surface area (Å²) in [4.78, 5) is 34.6. The molecule has 1 N–H and O–H groups in total. The summed E-state index contributed by atoms with van der Waals surface area (Å²) in [6, 6.07) is 11.8. The molecule has 154 valence electrons. The molecule has 0 saturated carbocycles. The zero-order chi connectivity index (χ0) is 21.4. The van der Waals surface area contributed by atoms with Gasteiger partial charge in [0.2, 0.25) is 0 Å². The molecule has 1 amide bonds. The smallest absolute Gasteiger partial charge is 0.316 e. The number of esters is 1. The van der Waals surface area contributed by atoms with Gasteiger partial charge < -0.3 is 14.8 Å². The molecule has 2 aromatic carbocycles. The molecule has 8 nitrogen and oxygen atoms in total. The van der Waals surface area contributed by atoms with Crippen molar-refractivity contribution < 1.29 is 24.0 Å². The van der Waals surface area contributed by atoms with Gasteiger partial charge in [-0.3, -0.25) is 19.7 Å². The Kier molecular flexibility index (Phi) is 8.02. The number of ether oxygens (including phenoxy) is 2. The number of anilines is 1. The number of rotatable bonds is 9. The Hall–Kier alpha value is -3.07. The van der Waals surface area contributed by atoms with Crippen LogP contribution in [0.1, 0.15) is 18.1 Å².